The lowest BCUT2D eigenvalue weighted by Crippen LogP contribution is -2.37. The molecule has 1 aromatic carbocycles. The lowest BCUT2D eigenvalue weighted by molar-refractivity contribution is -0.131. The topological polar surface area (TPSA) is 32.3 Å². The van der Waals surface area contributed by atoms with Gasteiger partial charge >= 0.3 is 0 Å². The largest absolute Gasteiger partial charge is 0.343 e. The lowest BCUT2D eigenvalue weighted by atomic mass is 10.1. The van der Waals surface area contributed by atoms with Crippen LogP contribution in [0.4, 0.5) is 8.78 Å². The van der Waals surface area contributed by atoms with Gasteiger partial charge in [-0.05, 0) is 37.0 Å². The Bertz CT molecular complexity index is 439. The van der Waals surface area contributed by atoms with Crippen molar-refractivity contribution in [2.24, 2.45) is 0 Å². The predicted octanol–water partition coefficient (Wildman–Crippen LogP) is 2.46. The highest BCUT2D eigenvalue weighted by atomic mass is 19.1. The Morgan fingerprint density at radius 3 is 2.40 bits per heavy atom. The molecule has 110 valence electrons. The second-order valence-electron chi connectivity index (χ2n) is 5.15. The first-order valence-electron chi connectivity index (χ1n) is 7.08. The minimum absolute atomic E-state index is 0.155. The second kappa shape index (κ2) is 7.33. The van der Waals surface area contributed by atoms with E-state index in [-0.39, 0.29) is 5.91 Å². The number of nitrogens with zero attached hydrogens (tertiary/aromatic N) is 1. The summed E-state index contributed by atoms with van der Waals surface area (Å²) in [7, 11) is 0. The molecule has 1 N–H and O–H groups in total. The highest BCUT2D eigenvalue weighted by molar-refractivity contribution is 5.76. The van der Waals surface area contributed by atoms with E-state index in [4.69, 9.17) is 0 Å². The number of hydrogen-bond donors (Lipinski definition) is 1. The summed E-state index contributed by atoms with van der Waals surface area (Å²) in [6.07, 6.45) is 3.80. The minimum atomic E-state index is -0.578. The zero-order chi connectivity index (χ0) is 14.4. The molecule has 1 aromatic rings. The Hall–Kier alpha value is -1.49. The zero-order valence-corrected chi connectivity index (χ0v) is 11.5. The van der Waals surface area contributed by atoms with Gasteiger partial charge in [-0.3, -0.25) is 4.79 Å². The fourth-order valence-electron chi connectivity index (χ4n) is 2.44. The Morgan fingerprint density at radius 2 is 1.75 bits per heavy atom. The fourth-order valence-corrected chi connectivity index (χ4v) is 2.44. The van der Waals surface area contributed by atoms with Gasteiger partial charge in [-0.25, -0.2) is 8.78 Å². The maximum atomic E-state index is 13.0. The van der Waals surface area contributed by atoms with Crippen LogP contribution in [0, 0.1) is 11.6 Å². The fraction of sp³-hybridized carbons (Fsp3) is 0.533. The average Bonchev–Trinajstić information content (AvgIpc) is 2.43. The summed E-state index contributed by atoms with van der Waals surface area (Å²) in [5.74, 6) is -1.000. The lowest BCUT2D eigenvalue weighted by Gasteiger charge is -2.26. The van der Waals surface area contributed by atoms with Gasteiger partial charge in [0.1, 0.15) is 11.6 Å². The molecule has 5 heteroatoms. The Balaban J connectivity index is 1.69. The van der Waals surface area contributed by atoms with Crippen LogP contribution in [-0.4, -0.2) is 30.4 Å². The third kappa shape index (κ3) is 4.56. The Morgan fingerprint density at radius 1 is 1.10 bits per heavy atom. The molecule has 0 unspecified atom stereocenters. The van der Waals surface area contributed by atoms with Crippen molar-refractivity contribution in [2.45, 2.75) is 32.2 Å². The molecule has 1 saturated heterocycles. The number of carbonyl (C=O) groups excluding carboxylic acids is 1. The smallest absolute Gasteiger partial charge is 0.223 e. The molecule has 0 aliphatic carbocycles. The quantitative estimate of drug-likeness (QED) is 0.841. The van der Waals surface area contributed by atoms with E-state index in [0.29, 0.717) is 25.1 Å². The number of benzene rings is 1. The molecule has 1 heterocycles. The summed E-state index contributed by atoms with van der Waals surface area (Å²) < 4.78 is 26.0. The van der Waals surface area contributed by atoms with E-state index in [0.717, 1.165) is 32.0 Å². The van der Waals surface area contributed by atoms with Gasteiger partial charge in [-0.2, -0.15) is 0 Å². The number of halogens is 2. The average molecular weight is 282 g/mol. The molecule has 3 nitrogen and oxygen atoms in total. The van der Waals surface area contributed by atoms with Crippen molar-refractivity contribution < 1.29 is 13.6 Å². The number of piperidine rings is 1. The Labute approximate surface area is 118 Å². The van der Waals surface area contributed by atoms with Gasteiger partial charge in [0, 0.05) is 38.7 Å². The van der Waals surface area contributed by atoms with Crippen LogP contribution in [0.5, 0.6) is 0 Å². The summed E-state index contributed by atoms with van der Waals surface area (Å²) in [4.78, 5) is 13.8. The molecule has 0 bridgehead atoms. The molecular weight excluding hydrogens is 262 g/mol. The van der Waals surface area contributed by atoms with E-state index in [1.807, 2.05) is 4.90 Å². The van der Waals surface area contributed by atoms with Crippen molar-refractivity contribution >= 4 is 5.91 Å². The molecule has 0 radical (unpaired) electrons. The van der Waals surface area contributed by atoms with Gasteiger partial charge < -0.3 is 10.2 Å². The molecule has 1 aliphatic heterocycles. The molecule has 0 aromatic heterocycles. The van der Waals surface area contributed by atoms with Crippen molar-refractivity contribution in [1.29, 1.82) is 0 Å². The Kier molecular flexibility index (Phi) is 5.47. The minimum Gasteiger partial charge on any atom is -0.343 e. The standard InChI is InChI=1S/C15H20F2N2O/c16-13-8-12(9-14(17)10-13)11-18-5-4-15(20)19-6-2-1-3-7-19/h8-10,18H,1-7,11H2. The summed E-state index contributed by atoms with van der Waals surface area (Å²) in [5.41, 5.74) is 0.549. The molecular formula is C15H20F2N2O. The van der Waals surface area contributed by atoms with Gasteiger partial charge in [0.25, 0.3) is 0 Å². The van der Waals surface area contributed by atoms with E-state index in [2.05, 4.69) is 5.32 Å². The highest BCUT2D eigenvalue weighted by Crippen LogP contribution is 2.10. The van der Waals surface area contributed by atoms with Crippen LogP contribution in [0.1, 0.15) is 31.2 Å². The van der Waals surface area contributed by atoms with Crippen molar-refractivity contribution in [3.05, 3.63) is 35.4 Å². The first-order valence-corrected chi connectivity index (χ1v) is 7.08. The third-order valence-electron chi connectivity index (χ3n) is 3.48. The van der Waals surface area contributed by atoms with Crippen molar-refractivity contribution in [1.82, 2.24) is 10.2 Å². The molecule has 0 atom stereocenters. The van der Waals surface area contributed by atoms with Crippen LogP contribution in [0.2, 0.25) is 0 Å². The summed E-state index contributed by atoms with van der Waals surface area (Å²) in [6, 6.07) is 3.44. The van der Waals surface area contributed by atoms with E-state index in [9.17, 15) is 13.6 Å². The third-order valence-corrected chi connectivity index (χ3v) is 3.48. The van der Waals surface area contributed by atoms with Crippen LogP contribution in [0.25, 0.3) is 0 Å². The molecule has 1 aliphatic rings. The van der Waals surface area contributed by atoms with Gasteiger partial charge in [-0.15, -0.1) is 0 Å². The second-order valence-corrected chi connectivity index (χ2v) is 5.15. The molecule has 0 spiro atoms. The normalized spacial score (nSPS) is 15.4. The van der Waals surface area contributed by atoms with Gasteiger partial charge in [0.2, 0.25) is 5.91 Å². The molecule has 1 fully saturated rings. The maximum absolute atomic E-state index is 13.0. The molecule has 1 amide bonds. The summed E-state index contributed by atoms with van der Waals surface area (Å²) in [5, 5.41) is 3.05. The maximum Gasteiger partial charge on any atom is 0.223 e. The number of carbonyl (C=O) groups is 1. The van der Waals surface area contributed by atoms with Crippen molar-refractivity contribution in [3.8, 4) is 0 Å². The first kappa shape index (κ1) is 14.9. The van der Waals surface area contributed by atoms with Gasteiger partial charge in [0.05, 0.1) is 0 Å². The molecule has 2 rings (SSSR count). The van der Waals surface area contributed by atoms with E-state index < -0.39 is 11.6 Å². The molecule has 20 heavy (non-hydrogen) atoms. The van der Waals surface area contributed by atoms with Gasteiger partial charge in [-0.1, -0.05) is 0 Å². The van der Waals surface area contributed by atoms with Crippen LogP contribution < -0.4 is 5.32 Å². The molecule has 0 saturated carbocycles. The number of hydrogen-bond acceptors (Lipinski definition) is 2. The van der Waals surface area contributed by atoms with Crippen LogP contribution in [0.15, 0.2) is 18.2 Å². The van der Waals surface area contributed by atoms with Gasteiger partial charge in [0.15, 0.2) is 0 Å². The number of amides is 1. The van der Waals surface area contributed by atoms with Crippen molar-refractivity contribution in [3.63, 3.8) is 0 Å². The van der Waals surface area contributed by atoms with E-state index >= 15 is 0 Å². The number of rotatable bonds is 5. The summed E-state index contributed by atoms with van der Waals surface area (Å²) >= 11 is 0. The SMILES string of the molecule is O=C(CCNCc1cc(F)cc(F)c1)N1CCCCC1. The number of nitrogens with one attached hydrogen (secondary N) is 1. The van der Waals surface area contributed by atoms with E-state index in [1.165, 1.54) is 18.6 Å². The van der Waals surface area contributed by atoms with Crippen LogP contribution >= 0.6 is 0 Å². The predicted molar refractivity (Wildman–Crippen MR) is 73.1 cm³/mol. The number of likely N-dealkylation sites (tertiary alicyclic amines) is 1. The van der Waals surface area contributed by atoms with Crippen LogP contribution in [0.3, 0.4) is 0 Å². The highest BCUT2D eigenvalue weighted by Gasteiger charge is 2.15. The van der Waals surface area contributed by atoms with E-state index in [1.54, 1.807) is 0 Å². The van der Waals surface area contributed by atoms with Crippen molar-refractivity contribution in [2.75, 3.05) is 19.6 Å². The first-order chi connectivity index (χ1) is 9.65. The van der Waals surface area contributed by atoms with Crippen LogP contribution in [-0.2, 0) is 11.3 Å². The monoisotopic (exact) mass is 282 g/mol. The zero-order valence-electron chi connectivity index (χ0n) is 11.5. The summed E-state index contributed by atoms with van der Waals surface area (Å²) in [6.45, 7) is 2.59.